The molecule has 0 saturated carbocycles. The van der Waals surface area contributed by atoms with Gasteiger partial charge in [-0.3, -0.25) is 20.2 Å². The van der Waals surface area contributed by atoms with Crippen LogP contribution < -0.4 is 10.6 Å². The Labute approximate surface area is 157 Å². The zero-order valence-corrected chi connectivity index (χ0v) is 15.4. The summed E-state index contributed by atoms with van der Waals surface area (Å²) in [5, 5.41) is 18.4. The Bertz CT molecular complexity index is 975. The molecule has 0 aliphatic carbocycles. The minimum absolute atomic E-state index is 0.0220. The van der Waals surface area contributed by atoms with Crippen LogP contribution in [0.4, 0.5) is 10.8 Å². The maximum atomic E-state index is 12.5. The maximum absolute atomic E-state index is 12.5. The lowest BCUT2D eigenvalue weighted by molar-refractivity contribution is -0.384. The second kappa shape index (κ2) is 7.10. The van der Waals surface area contributed by atoms with Gasteiger partial charge in [-0.2, -0.15) is 0 Å². The molecule has 7 nitrogen and oxygen atoms in total. The van der Waals surface area contributed by atoms with E-state index in [1.54, 1.807) is 12.1 Å². The van der Waals surface area contributed by atoms with Crippen molar-refractivity contribution >= 4 is 49.5 Å². The van der Waals surface area contributed by atoms with Crippen LogP contribution in [0.1, 0.15) is 33.3 Å². The summed E-state index contributed by atoms with van der Waals surface area (Å²) in [4.78, 5) is 29.0. The van der Waals surface area contributed by atoms with E-state index in [0.717, 1.165) is 30.6 Å². The van der Waals surface area contributed by atoms with E-state index in [2.05, 4.69) is 15.6 Å². The number of hydrogen-bond acceptors (Lipinski definition) is 7. The summed E-state index contributed by atoms with van der Waals surface area (Å²) in [6.45, 7) is 2.02. The van der Waals surface area contributed by atoms with E-state index >= 15 is 0 Å². The quantitative estimate of drug-likeness (QED) is 0.520. The number of piperidine rings is 1. The van der Waals surface area contributed by atoms with E-state index in [9.17, 15) is 14.9 Å². The molecule has 3 heterocycles. The number of thiazole rings is 1. The minimum Gasteiger partial charge on any atom is -0.317 e. The van der Waals surface area contributed by atoms with Crippen molar-refractivity contribution < 1.29 is 9.72 Å². The van der Waals surface area contributed by atoms with Gasteiger partial charge in [0.1, 0.15) is 0 Å². The van der Waals surface area contributed by atoms with E-state index in [0.29, 0.717) is 21.3 Å². The number of carbonyl (C=O) groups excluding carboxylic acids is 1. The van der Waals surface area contributed by atoms with E-state index in [1.807, 2.05) is 6.20 Å². The van der Waals surface area contributed by atoms with Crippen molar-refractivity contribution in [2.75, 3.05) is 18.4 Å². The number of amides is 1. The van der Waals surface area contributed by atoms with E-state index < -0.39 is 4.92 Å². The number of rotatable bonds is 4. The normalized spacial score (nSPS) is 15.2. The molecule has 0 bridgehead atoms. The average molecular weight is 388 g/mol. The van der Waals surface area contributed by atoms with E-state index in [-0.39, 0.29) is 11.6 Å². The Morgan fingerprint density at radius 2 is 2.08 bits per heavy atom. The number of benzene rings is 1. The topological polar surface area (TPSA) is 97.2 Å². The van der Waals surface area contributed by atoms with Crippen LogP contribution >= 0.6 is 22.7 Å². The maximum Gasteiger partial charge on any atom is 0.270 e. The second-order valence-electron chi connectivity index (χ2n) is 6.14. The van der Waals surface area contributed by atoms with Gasteiger partial charge in [-0.15, -0.1) is 22.7 Å². The predicted octanol–water partition coefficient (Wildman–Crippen LogP) is 3.99. The summed E-state index contributed by atoms with van der Waals surface area (Å²) < 4.78 is 0.843. The van der Waals surface area contributed by atoms with E-state index in [1.165, 1.54) is 39.7 Å². The molecule has 4 rings (SSSR count). The van der Waals surface area contributed by atoms with Crippen molar-refractivity contribution in [1.29, 1.82) is 0 Å². The minimum atomic E-state index is -0.436. The summed E-state index contributed by atoms with van der Waals surface area (Å²) in [5.41, 5.74) is 0.0220. The number of nitro groups is 1. The van der Waals surface area contributed by atoms with Crippen LogP contribution in [-0.4, -0.2) is 28.9 Å². The van der Waals surface area contributed by atoms with Gasteiger partial charge in [0, 0.05) is 33.3 Å². The molecule has 1 fully saturated rings. The third-order valence-corrected chi connectivity index (χ3v) is 6.61. The van der Waals surface area contributed by atoms with Gasteiger partial charge in [0.15, 0.2) is 5.13 Å². The number of carbonyl (C=O) groups is 1. The molecule has 1 aliphatic heterocycles. The number of fused-ring (bicyclic) bond motifs is 1. The van der Waals surface area contributed by atoms with Gasteiger partial charge in [0.05, 0.1) is 9.80 Å². The molecule has 1 aromatic carbocycles. The average Bonchev–Trinajstić information content (AvgIpc) is 3.28. The first-order chi connectivity index (χ1) is 12.6. The van der Waals surface area contributed by atoms with Crippen LogP contribution in [0.25, 0.3) is 10.1 Å². The van der Waals surface area contributed by atoms with Crippen molar-refractivity contribution in [2.45, 2.75) is 18.8 Å². The van der Waals surface area contributed by atoms with Gasteiger partial charge in [-0.05, 0) is 44.0 Å². The highest BCUT2D eigenvalue weighted by Gasteiger charge is 2.19. The molecule has 134 valence electrons. The third-order valence-electron chi connectivity index (χ3n) is 4.42. The molecule has 0 spiro atoms. The largest absolute Gasteiger partial charge is 0.317 e. The first-order valence-electron chi connectivity index (χ1n) is 8.26. The fourth-order valence-electron chi connectivity index (χ4n) is 3.05. The van der Waals surface area contributed by atoms with Crippen LogP contribution in [0.15, 0.2) is 30.5 Å². The Balaban J connectivity index is 1.50. The van der Waals surface area contributed by atoms with E-state index in [4.69, 9.17) is 0 Å². The van der Waals surface area contributed by atoms with Crippen molar-refractivity contribution in [3.05, 3.63) is 50.3 Å². The number of thiophene rings is 1. The van der Waals surface area contributed by atoms with Crippen molar-refractivity contribution in [1.82, 2.24) is 10.3 Å². The zero-order chi connectivity index (χ0) is 18.1. The van der Waals surface area contributed by atoms with Crippen LogP contribution in [0.5, 0.6) is 0 Å². The molecule has 0 unspecified atom stereocenters. The highest BCUT2D eigenvalue weighted by atomic mass is 32.1. The van der Waals surface area contributed by atoms with Gasteiger partial charge in [0.25, 0.3) is 11.6 Å². The second-order valence-corrected chi connectivity index (χ2v) is 8.28. The number of nitrogens with zero attached hydrogens (tertiary/aromatic N) is 2. The molecule has 0 radical (unpaired) electrons. The Hall–Kier alpha value is -2.36. The number of aromatic nitrogens is 1. The van der Waals surface area contributed by atoms with Crippen LogP contribution in [0, 0.1) is 10.1 Å². The smallest absolute Gasteiger partial charge is 0.270 e. The summed E-state index contributed by atoms with van der Waals surface area (Å²) >= 11 is 2.83. The molecule has 9 heteroatoms. The standard InChI is InChI=1S/C17H16N4O3S2/c22-16(14-8-11-7-12(21(23)24)1-2-13(11)25-14)20-17-19-9-15(26-17)10-3-5-18-6-4-10/h1-2,7-10,18H,3-6H2,(H,19,20,22). The molecule has 2 N–H and O–H groups in total. The molecule has 1 aliphatic rings. The highest BCUT2D eigenvalue weighted by Crippen LogP contribution is 2.33. The van der Waals surface area contributed by atoms with Gasteiger partial charge in [0.2, 0.25) is 0 Å². The lowest BCUT2D eigenvalue weighted by Gasteiger charge is -2.20. The number of nitro benzene ring substituents is 1. The number of non-ortho nitro benzene ring substituents is 1. The molecule has 3 aromatic rings. The lowest BCUT2D eigenvalue weighted by atomic mass is 9.97. The Kier molecular flexibility index (Phi) is 4.66. The lowest BCUT2D eigenvalue weighted by Crippen LogP contribution is -2.26. The Morgan fingerprint density at radius 1 is 1.27 bits per heavy atom. The van der Waals surface area contributed by atoms with Crippen molar-refractivity contribution in [3.8, 4) is 0 Å². The van der Waals surface area contributed by atoms with Crippen LogP contribution in [-0.2, 0) is 0 Å². The van der Waals surface area contributed by atoms with Gasteiger partial charge in [-0.1, -0.05) is 0 Å². The molecular formula is C17H16N4O3S2. The summed E-state index contributed by atoms with van der Waals surface area (Å²) in [6.07, 6.45) is 4.03. The zero-order valence-electron chi connectivity index (χ0n) is 13.7. The van der Waals surface area contributed by atoms with Crippen molar-refractivity contribution in [3.63, 3.8) is 0 Å². The highest BCUT2D eigenvalue weighted by molar-refractivity contribution is 7.21. The van der Waals surface area contributed by atoms with Crippen LogP contribution in [0.2, 0.25) is 0 Å². The fourth-order valence-corrected chi connectivity index (χ4v) is 4.97. The number of hydrogen-bond donors (Lipinski definition) is 2. The summed E-state index contributed by atoms with van der Waals surface area (Å²) in [6, 6.07) is 6.30. The first kappa shape index (κ1) is 17.1. The van der Waals surface area contributed by atoms with Crippen LogP contribution in [0.3, 0.4) is 0 Å². The van der Waals surface area contributed by atoms with Crippen molar-refractivity contribution in [2.24, 2.45) is 0 Å². The predicted molar refractivity (Wildman–Crippen MR) is 103 cm³/mol. The molecule has 0 atom stereocenters. The van der Waals surface area contributed by atoms with Gasteiger partial charge >= 0.3 is 0 Å². The third kappa shape index (κ3) is 3.46. The molecule has 26 heavy (non-hydrogen) atoms. The van der Waals surface area contributed by atoms with Gasteiger partial charge in [-0.25, -0.2) is 4.98 Å². The number of anilines is 1. The molecule has 2 aromatic heterocycles. The first-order valence-corrected chi connectivity index (χ1v) is 9.89. The van der Waals surface area contributed by atoms with Gasteiger partial charge < -0.3 is 5.32 Å². The fraction of sp³-hybridized carbons (Fsp3) is 0.294. The Morgan fingerprint density at radius 3 is 2.85 bits per heavy atom. The molecular weight excluding hydrogens is 372 g/mol. The summed E-state index contributed by atoms with van der Waals surface area (Å²) in [7, 11) is 0. The SMILES string of the molecule is O=C(Nc1ncc(C2CCNCC2)s1)c1cc2cc([N+](=O)[O-])ccc2s1. The molecule has 1 saturated heterocycles. The number of nitrogens with one attached hydrogen (secondary N) is 2. The summed E-state index contributed by atoms with van der Waals surface area (Å²) in [5.74, 6) is 0.268. The molecule has 1 amide bonds. The monoisotopic (exact) mass is 388 g/mol.